The van der Waals surface area contributed by atoms with E-state index in [0.29, 0.717) is 0 Å². The van der Waals surface area contributed by atoms with Crippen LogP contribution in [0.25, 0.3) is 0 Å². The predicted octanol–water partition coefficient (Wildman–Crippen LogP) is 4.96. The monoisotopic (exact) mass is 355 g/mol. The molecule has 18 heavy (non-hydrogen) atoms. The minimum atomic E-state index is -0.949. The van der Waals surface area contributed by atoms with Crippen molar-refractivity contribution in [2.24, 2.45) is 0 Å². The molecule has 0 N–H and O–H groups in total. The van der Waals surface area contributed by atoms with Gasteiger partial charge in [-0.2, -0.15) is 0 Å². The zero-order valence-electron chi connectivity index (χ0n) is 12.9. The molecule has 1 nitrogen and oxygen atoms in total. The summed E-state index contributed by atoms with van der Waals surface area (Å²) in [5.74, 6) is 0. The van der Waals surface area contributed by atoms with E-state index in [9.17, 15) is 0 Å². The van der Waals surface area contributed by atoms with Crippen LogP contribution in [-0.4, -0.2) is 46.0 Å². The Kier molecular flexibility index (Phi) is 10.9. The summed E-state index contributed by atoms with van der Waals surface area (Å²) in [5.41, 5.74) is 0. The SMILES string of the molecule is CCCCN(CCCC)CC[CH2][In]1[CH2]CCC[CH2]1. The summed E-state index contributed by atoms with van der Waals surface area (Å²) in [4.78, 5) is 2.75. The van der Waals surface area contributed by atoms with Gasteiger partial charge in [-0.3, -0.25) is 0 Å². The molecule has 0 atom stereocenters. The second-order valence-electron chi connectivity index (χ2n) is 6.20. The normalized spacial score (nSPS) is 16.5. The molecule has 0 saturated carbocycles. The van der Waals surface area contributed by atoms with E-state index in [-0.39, 0.29) is 0 Å². The molecule has 1 rings (SSSR count). The van der Waals surface area contributed by atoms with Gasteiger partial charge < -0.3 is 0 Å². The Morgan fingerprint density at radius 1 is 0.778 bits per heavy atom. The summed E-state index contributed by atoms with van der Waals surface area (Å²) in [6.07, 6.45) is 11.8. The number of hydrogen-bond acceptors (Lipinski definition) is 1. The molecule has 0 radical (unpaired) electrons. The van der Waals surface area contributed by atoms with Gasteiger partial charge >= 0.3 is 124 Å². The molecule has 0 aliphatic carbocycles. The molecule has 1 aliphatic rings. The Morgan fingerprint density at radius 3 is 1.89 bits per heavy atom. The van der Waals surface area contributed by atoms with Gasteiger partial charge in [0.25, 0.3) is 0 Å². The molecule has 2 heteroatoms. The van der Waals surface area contributed by atoms with E-state index in [1.807, 2.05) is 0 Å². The van der Waals surface area contributed by atoms with Crippen molar-refractivity contribution < 1.29 is 0 Å². The van der Waals surface area contributed by atoms with E-state index in [1.165, 1.54) is 51.7 Å². The van der Waals surface area contributed by atoms with Gasteiger partial charge in [0, 0.05) is 0 Å². The van der Waals surface area contributed by atoms with E-state index < -0.39 is 21.4 Å². The second kappa shape index (κ2) is 11.6. The molecule has 106 valence electrons. The third-order valence-electron chi connectivity index (χ3n) is 4.47. The van der Waals surface area contributed by atoms with Crippen molar-refractivity contribution in [1.82, 2.24) is 4.90 Å². The van der Waals surface area contributed by atoms with Crippen molar-refractivity contribution in [1.29, 1.82) is 0 Å². The van der Waals surface area contributed by atoms with E-state index in [4.69, 9.17) is 0 Å². The van der Waals surface area contributed by atoms with Crippen LogP contribution in [0.2, 0.25) is 12.5 Å². The quantitative estimate of drug-likeness (QED) is 0.536. The van der Waals surface area contributed by atoms with E-state index in [2.05, 4.69) is 18.7 Å². The van der Waals surface area contributed by atoms with Gasteiger partial charge in [0.2, 0.25) is 0 Å². The molecule has 0 amide bonds. The van der Waals surface area contributed by atoms with E-state index in [1.54, 1.807) is 31.8 Å². The Bertz CT molecular complexity index is 170. The molecule has 0 aromatic heterocycles. The first-order chi connectivity index (χ1) is 8.86. The van der Waals surface area contributed by atoms with Crippen LogP contribution in [0.5, 0.6) is 0 Å². The zero-order chi connectivity index (χ0) is 13.1. The maximum absolute atomic E-state index is 2.75. The van der Waals surface area contributed by atoms with Gasteiger partial charge in [-0.1, -0.05) is 0 Å². The van der Waals surface area contributed by atoms with Crippen LogP contribution in [0.3, 0.4) is 0 Å². The summed E-state index contributed by atoms with van der Waals surface area (Å²) in [6.45, 7) is 8.76. The van der Waals surface area contributed by atoms with Crippen LogP contribution in [0.4, 0.5) is 0 Å². The van der Waals surface area contributed by atoms with Crippen LogP contribution >= 0.6 is 0 Å². The molecule has 0 unspecified atom stereocenters. The Labute approximate surface area is 123 Å². The van der Waals surface area contributed by atoms with Gasteiger partial charge in [0.05, 0.1) is 0 Å². The van der Waals surface area contributed by atoms with Crippen LogP contribution in [-0.2, 0) is 0 Å². The average Bonchev–Trinajstić information content (AvgIpc) is 2.42. The summed E-state index contributed by atoms with van der Waals surface area (Å²) < 4.78 is 5.16. The van der Waals surface area contributed by atoms with Gasteiger partial charge in [-0.25, -0.2) is 0 Å². The number of hydrogen-bond donors (Lipinski definition) is 0. The van der Waals surface area contributed by atoms with Crippen LogP contribution in [0.15, 0.2) is 0 Å². The molecule has 0 bridgehead atoms. The van der Waals surface area contributed by atoms with Crippen molar-refractivity contribution in [3.8, 4) is 0 Å². The van der Waals surface area contributed by atoms with Crippen molar-refractivity contribution >= 4 is 21.4 Å². The van der Waals surface area contributed by atoms with Crippen molar-refractivity contribution in [2.45, 2.75) is 77.7 Å². The van der Waals surface area contributed by atoms with E-state index >= 15 is 0 Å². The average molecular weight is 355 g/mol. The third-order valence-corrected chi connectivity index (χ3v) is 15.0. The fourth-order valence-electron chi connectivity index (χ4n) is 3.18. The molecular weight excluding hydrogens is 321 g/mol. The molecule has 1 heterocycles. The molecule has 0 aromatic carbocycles. The summed E-state index contributed by atoms with van der Waals surface area (Å²) >= 11 is -0.949. The fourth-order valence-corrected chi connectivity index (χ4v) is 12.8. The summed E-state index contributed by atoms with van der Waals surface area (Å²) in [6, 6.07) is 0. The first-order valence-electron chi connectivity index (χ1n) is 8.59. The Morgan fingerprint density at radius 2 is 1.33 bits per heavy atom. The van der Waals surface area contributed by atoms with Crippen LogP contribution in [0, 0.1) is 0 Å². The predicted molar refractivity (Wildman–Crippen MR) is 84.9 cm³/mol. The summed E-state index contributed by atoms with van der Waals surface area (Å²) in [5, 5.41) is 0. The standard InChI is InChI=1S/C11H24N.C5H10.In/c1-4-7-10-12(9-6-3)11-8-5-2;1-3-5-4-2;/h3-11H2,1-2H3;1-5H2;. The van der Waals surface area contributed by atoms with Gasteiger partial charge in [-0.15, -0.1) is 0 Å². The van der Waals surface area contributed by atoms with Crippen molar-refractivity contribution in [3.05, 3.63) is 0 Å². The molecule has 0 aromatic rings. The Hall–Kier alpha value is 0.830. The summed E-state index contributed by atoms with van der Waals surface area (Å²) in [7, 11) is 0. The number of rotatable bonds is 10. The number of unbranched alkanes of at least 4 members (excludes halogenated alkanes) is 2. The fraction of sp³-hybridized carbons (Fsp3) is 1.00. The molecular formula is C16H34InN. The maximum atomic E-state index is 2.75. The van der Waals surface area contributed by atoms with Crippen LogP contribution < -0.4 is 0 Å². The van der Waals surface area contributed by atoms with Gasteiger partial charge in [0.15, 0.2) is 0 Å². The first-order valence-corrected chi connectivity index (χ1v) is 15.6. The minimum absolute atomic E-state index is 0.949. The van der Waals surface area contributed by atoms with Gasteiger partial charge in [-0.05, 0) is 0 Å². The van der Waals surface area contributed by atoms with Gasteiger partial charge in [0.1, 0.15) is 0 Å². The molecule has 1 aliphatic heterocycles. The number of nitrogens with zero attached hydrogens (tertiary/aromatic N) is 1. The Balaban J connectivity index is 2.10. The van der Waals surface area contributed by atoms with E-state index in [0.717, 1.165) is 0 Å². The topological polar surface area (TPSA) is 3.24 Å². The molecule has 1 fully saturated rings. The molecule has 1 saturated heterocycles. The van der Waals surface area contributed by atoms with Crippen molar-refractivity contribution in [2.75, 3.05) is 19.6 Å². The zero-order valence-corrected chi connectivity index (χ0v) is 16.2. The second-order valence-corrected chi connectivity index (χ2v) is 16.1. The molecule has 0 spiro atoms. The van der Waals surface area contributed by atoms with Crippen molar-refractivity contribution in [3.63, 3.8) is 0 Å². The third kappa shape index (κ3) is 8.09. The van der Waals surface area contributed by atoms with Crippen LogP contribution in [0.1, 0.15) is 65.2 Å². The first kappa shape index (κ1) is 16.9.